The van der Waals surface area contributed by atoms with E-state index in [-0.39, 0.29) is 0 Å². The predicted molar refractivity (Wildman–Crippen MR) is 81.5 cm³/mol. The van der Waals surface area contributed by atoms with Crippen LogP contribution in [0.4, 0.5) is 0 Å². The summed E-state index contributed by atoms with van der Waals surface area (Å²) >= 11 is 0. The fourth-order valence-corrected chi connectivity index (χ4v) is 3.29. The van der Waals surface area contributed by atoms with Gasteiger partial charge in [-0.3, -0.25) is 4.79 Å². The van der Waals surface area contributed by atoms with E-state index in [1.807, 2.05) is 19.4 Å². The molecule has 1 aromatic heterocycles. The van der Waals surface area contributed by atoms with Gasteiger partial charge in [0.15, 0.2) is 0 Å². The van der Waals surface area contributed by atoms with Gasteiger partial charge in [0.1, 0.15) is 5.82 Å². The number of piperidine rings is 1. The molecule has 0 radical (unpaired) electrons. The van der Waals surface area contributed by atoms with E-state index in [4.69, 9.17) is 0 Å². The molecule has 3 rings (SSSR count). The molecular weight excluding hydrogens is 264 g/mol. The average Bonchev–Trinajstić information content (AvgIpc) is 3.27. The number of nitrogens with zero attached hydrogens (tertiary/aromatic N) is 3. The van der Waals surface area contributed by atoms with E-state index < -0.39 is 0 Å². The Morgan fingerprint density at radius 2 is 2.24 bits per heavy atom. The average molecular weight is 290 g/mol. The molecule has 2 heterocycles. The third kappa shape index (κ3) is 3.28. The molecule has 1 aliphatic carbocycles. The van der Waals surface area contributed by atoms with Crippen molar-refractivity contribution in [3.63, 3.8) is 0 Å². The first-order chi connectivity index (χ1) is 10.2. The molecule has 1 aromatic rings. The van der Waals surface area contributed by atoms with Gasteiger partial charge in [0, 0.05) is 44.5 Å². The van der Waals surface area contributed by atoms with Crippen LogP contribution in [0.1, 0.15) is 38.4 Å². The summed E-state index contributed by atoms with van der Waals surface area (Å²) in [5.41, 5.74) is 0. The first-order valence-corrected chi connectivity index (χ1v) is 8.17. The SMILES string of the molecule is CC[C@@H]1CN(C(=O)C2CC2)CC[C@@H]1NCc1nccn1C. The van der Waals surface area contributed by atoms with Crippen LogP contribution in [0, 0.1) is 11.8 Å². The van der Waals surface area contributed by atoms with E-state index in [2.05, 4.69) is 26.7 Å². The van der Waals surface area contributed by atoms with Gasteiger partial charge < -0.3 is 14.8 Å². The Bertz CT molecular complexity index is 494. The summed E-state index contributed by atoms with van der Waals surface area (Å²) < 4.78 is 2.06. The molecule has 0 bridgehead atoms. The van der Waals surface area contributed by atoms with E-state index in [0.29, 0.717) is 23.8 Å². The molecule has 1 N–H and O–H groups in total. The van der Waals surface area contributed by atoms with Gasteiger partial charge in [-0.15, -0.1) is 0 Å². The lowest BCUT2D eigenvalue weighted by Crippen LogP contribution is -2.51. The van der Waals surface area contributed by atoms with Crippen LogP contribution in [0.15, 0.2) is 12.4 Å². The number of aryl methyl sites for hydroxylation is 1. The molecule has 0 aromatic carbocycles. The zero-order valence-corrected chi connectivity index (χ0v) is 13.1. The highest BCUT2D eigenvalue weighted by Gasteiger charge is 2.37. The number of likely N-dealkylation sites (tertiary alicyclic amines) is 1. The largest absolute Gasteiger partial charge is 0.342 e. The van der Waals surface area contributed by atoms with Crippen LogP contribution in [-0.4, -0.2) is 39.5 Å². The molecule has 0 unspecified atom stereocenters. The van der Waals surface area contributed by atoms with Crippen LogP contribution in [0.3, 0.4) is 0 Å². The molecule has 2 aliphatic rings. The second-order valence-electron chi connectivity index (χ2n) is 6.46. The molecule has 1 amide bonds. The quantitative estimate of drug-likeness (QED) is 0.895. The first kappa shape index (κ1) is 14.6. The zero-order chi connectivity index (χ0) is 14.8. The Kier molecular flexibility index (Phi) is 4.29. The van der Waals surface area contributed by atoms with Gasteiger partial charge in [-0.1, -0.05) is 13.3 Å². The zero-order valence-electron chi connectivity index (χ0n) is 13.1. The van der Waals surface area contributed by atoms with Crippen LogP contribution >= 0.6 is 0 Å². The highest BCUT2D eigenvalue weighted by atomic mass is 16.2. The van der Waals surface area contributed by atoms with Crippen molar-refractivity contribution in [2.24, 2.45) is 18.9 Å². The number of imidazole rings is 1. The van der Waals surface area contributed by atoms with Gasteiger partial charge >= 0.3 is 0 Å². The van der Waals surface area contributed by atoms with Crippen LogP contribution in [0.25, 0.3) is 0 Å². The third-order valence-electron chi connectivity index (χ3n) is 4.94. The molecular formula is C16H26N4O. The molecule has 5 heteroatoms. The number of hydrogen-bond donors (Lipinski definition) is 1. The van der Waals surface area contributed by atoms with E-state index in [1.54, 1.807) is 0 Å². The lowest BCUT2D eigenvalue weighted by atomic mass is 9.89. The first-order valence-electron chi connectivity index (χ1n) is 8.17. The minimum Gasteiger partial charge on any atom is -0.342 e. The van der Waals surface area contributed by atoms with Crippen LogP contribution in [0.5, 0.6) is 0 Å². The molecule has 116 valence electrons. The van der Waals surface area contributed by atoms with Gasteiger partial charge in [-0.25, -0.2) is 4.98 Å². The highest BCUT2D eigenvalue weighted by molar-refractivity contribution is 5.81. The molecule has 1 saturated heterocycles. The lowest BCUT2D eigenvalue weighted by molar-refractivity contribution is -0.134. The lowest BCUT2D eigenvalue weighted by Gasteiger charge is -2.39. The number of amides is 1. The van der Waals surface area contributed by atoms with Crippen molar-refractivity contribution in [1.82, 2.24) is 19.8 Å². The van der Waals surface area contributed by atoms with Crippen molar-refractivity contribution in [3.8, 4) is 0 Å². The maximum absolute atomic E-state index is 12.2. The van der Waals surface area contributed by atoms with Crippen molar-refractivity contribution in [2.75, 3.05) is 13.1 Å². The van der Waals surface area contributed by atoms with Gasteiger partial charge in [0.25, 0.3) is 0 Å². The Morgan fingerprint density at radius 1 is 1.43 bits per heavy atom. The second kappa shape index (κ2) is 6.18. The number of carbonyl (C=O) groups excluding carboxylic acids is 1. The van der Waals surface area contributed by atoms with E-state index in [0.717, 1.165) is 51.1 Å². The van der Waals surface area contributed by atoms with Crippen molar-refractivity contribution in [1.29, 1.82) is 0 Å². The number of aromatic nitrogens is 2. The van der Waals surface area contributed by atoms with Gasteiger partial charge in [0.2, 0.25) is 5.91 Å². The summed E-state index contributed by atoms with van der Waals surface area (Å²) in [6.07, 6.45) is 8.20. The maximum Gasteiger partial charge on any atom is 0.225 e. The van der Waals surface area contributed by atoms with E-state index in [9.17, 15) is 4.79 Å². The summed E-state index contributed by atoms with van der Waals surface area (Å²) in [7, 11) is 2.03. The molecule has 2 atom stereocenters. The third-order valence-corrected chi connectivity index (χ3v) is 4.94. The summed E-state index contributed by atoms with van der Waals surface area (Å²) in [6.45, 7) is 4.86. The molecule has 0 spiro atoms. The van der Waals surface area contributed by atoms with Crippen molar-refractivity contribution in [3.05, 3.63) is 18.2 Å². The molecule has 1 aliphatic heterocycles. The standard InChI is InChI=1S/C16H26N4O/c1-3-12-11-20(16(21)13-4-5-13)8-6-14(12)18-10-15-17-7-9-19(15)2/h7,9,12-14,18H,3-6,8,10-11H2,1-2H3/t12-,14+/m1/s1. The minimum absolute atomic E-state index is 0.347. The number of hydrogen-bond acceptors (Lipinski definition) is 3. The van der Waals surface area contributed by atoms with Crippen molar-refractivity contribution >= 4 is 5.91 Å². The van der Waals surface area contributed by atoms with Crippen LogP contribution in [-0.2, 0) is 18.4 Å². The molecule has 5 nitrogen and oxygen atoms in total. The van der Waals surface area contributed by atoms with Crippen molar-refractivity contribution in [2.45, 2.75) is 45.2 Å². The Labute approximate surface area is 126 Å². The molecule has 21 heavy (non-hydrogen) atoms. The number of carbonyl (C=O) groups is 1. The number of nitrogens with one attached hydrogen (secondary N) is 1. The molecule has 1 saturated carbocycles. The fourth-order valence-electron chi connectivity index (χ4n) is 3.29. The maximum atomic E-state index is 12.2. The number of rotatable bonds is 5. The van der Waals surface area contributed by atoms with Gasteiger partial charge in [0.05, 0.1) is 6.54 Å². The van der Waals surface area contributed by atoms with Gasteiger partial charge in [-0.05, 0) is 25.2 Å². The summed E-state index contributed by atoms with van der Waals surface area (Å²) in [5, 5.41) is 3.65. The van der Waals surface area contributed by atoms with Crippen LogP contribution in [0.2, 0.25) is 0 Å². The normalized spacial score (nSPS) is 26.1. The Hall–Kier alpha value is -1.36. The van der Waals surface area contributed by atoms with Gasteiger partial charge in [-0.2, -0.15) is 0 Å². The summed E-state index contributed by atoms with van der Waals surface area (Å²) in [5.74, 6) is 2.37. The van der Waals surface area contributed by atoms with Crippen molar-refractivity contribution < 1.29 is 4.79 Å². The summed E-state index contributed by atoms with van der Waals surface area (Å²) in [6, 6.07) is 0.495. The predicted octanol–water partition coefficient (Wildman–Crippen LogP) is 1.55. The smallest absolute Gasteiger partial charge is 0.225 e. The summed E-state index contributed by atoms with van der Waals surface area (Å²) in [4.78, 5) is 18.7. The van der Waals surface area contributed by atoms with E-state index in [1.165, 1.54) is 0 Å². The fraction of sp³-hybridized carbons (Fsp3) is 0.750. The van der Waals surface area contributed by atoms with E-state index >= 15 is 0 Å². The second-order valence-corrected chi connectivity index (χ2v) is 6.46. The Morgan fingerprint density at radius 3 is 2.86 bits per heavy atom. The highest BCUT2D eigenvalue weighted by Crippen LogP contribution is 2.33. The Balaban J connectivity index is 1.54. The minimum atomic E-state index is 0.347. The molecule has 2 fully saturated rings. The topological polar surface area (TPSA) is 50.2 Å². The monoisotopic (exact) mass is 290 g/mol. The van der Waals surface area contributed by atoms with Crippen LogP contribution < -0.4 is 5.32 Å².